The van der Waals surface area contributed by atoms with Gasteiger partial charge in [-0.1, -0.05) is 170 Å². The fourth-order valence-corrected chi connectivity index (χ4v) is 12.8. The monoisotopic (exact) mass is 902 g/mol. The average Bonchev–Trinajstić information content (AvgIpc) is 3.73. The third kappa shape index (κ3) is 6.80. The molecule has 4 saturated carbocycles. The zero-order valence-corrected chi connectivity index (χ0v) is 38.4. The van der Waals surface area contributed by atoms with E-state index in [0.29, 0.717) is 52.5 Å². The van der Waals surface area contributed by atoms with Gasteiger partial charge in [0.25, 0.3) is 0 Å². The fourth-order valence-electron chi connectivity index (χ4n) is 12.8. The van der Waals surface area contributed by atoms with Gasteiger partial charge in [0, 0.05) is 38.8 Å². The molecule has 70 heavy (non-hydrogen) atoms. The molecule has 3 aromatic heterocycles. The number of hydrogen-bond donors (Lipinski definition) is 0. The topological polar surface area (TPSA) is 103 Å². The molecule has 0 N–H and O–H groups in total. The van der Waals surface area contributed by atoms with Gasteiger partial charge in [-0.2, -0.15) is 0 Å². The van der Waals surface area contributed by atoms with E-state index in [1.165, 1.54) is 65.5 Å². The summed E-state index contributed by atoms with van der Waals surface area (Å²) >= 11 is 0. The molecule has 0 atom stereocenters. The third-order valence-corrected chi connectivity index (χ3v) is 15.7. The van der Waals surface area contributed by atoms with Gasteiger partial charge < -0.3 is 0 Å². The van der Waals surface area contributed by atoms with E-state index in [1.54, 1.807) is 6.20 Å². The van der Waals surface area contributed by atoms with Crippen LogP contribution < -0.4 is 0 Å². The molecule has 334 valence electrons. The van der Waals surface area contributed by atoms with Crippen LogP contribution >= 0.6 is 0 Å². The van der Waals surface area contributed by atoms with Crippen molar-refractivity contribution in [2.45, 2.75) is 37.5 Å². The maximum Gasteiger partial charge on any atom is 0.184 e. The Labute approximate surface area is 406 Å². The van der Waals surface area contributed by atoms with E-state index in [-0.39, 0.29) is 5.41 Å². The van der Waals surface area contributed by atoms with Crippen LogP contribution in [0.2, 0.25) is 0 Å². The van der Waals surface area contributed by atoms with Gasteiger partial charge in [0.2, 0.25) is 0 Å². The lowest BCUT2D eigenvalue weighted by Crippen LogP contribution is -2.55. The Morgan fingerprint density at radius 1 is 0.300 bits per heavy atom. The van der Waals surface area contributed by atoms with E-state index in [0.717, 1.165) is 50.9 Å². The van der Waals surface area contributed by atoms with Gasteiger partial charge in [-0.3, -0.25) is 4.98 Å². The Morgan fingerprint density at radius 2 is 0.657 bits per heavy atom. The normalized spacial score (nSPS) is 20.3. The van der Waals surface area contributed by atoms with Gasteiger partial charge in [0.05, 0.1) is 18.1 Å². The Kier molecular flexibility index (Phi) is 9.54. The highest BCUT2D eigenvalue weighted by Crippen LogP contribution is 2.69. The van der Waals surface area contributed by atoms with Crippen molar-refractivity contribution in [2.75, 3.05) is 0 Å². The lowest BCUT2D eigenvalue weighted by atomic mass is 9.43. The second-order valence-corrected chi connectivity index (χ2v) is 19.6. The van der Waals surface area contributed by atoms with E-state index in [2.05, 4.69) is 60.7 Å². The lowest BCUT2D eigenvalue weighted by molar-refractivity contribution is -0.0399. The maximum absolute atomic E-state index is 5.28. The van der Waals surface area contributed by atoms with Crippen LogP contribution in [0.1, 0.15) is 43.2 Å². The van der Waals surface area contributed by atoms with Crippen LogP contribution in [0, 0.1) is 23.7 Å². The largest absolute Gasteiger partial charge is 0.260 e. The van der Waals surface area contributed by atoms with Crippen molar-refractivity contribution in [3.8, 4) is 102 Å². The first kappa shape index (κ1) is 40.7. The summed E-state index contributed by atoms with van der Waals surface area (Å²) in [7, 11) is 0. The SMILES string of the molecule is c1ccc(-c2nc(-c3ccccc3)nc(-c3ccc(-c4ccc5c(c4)C4(c6cc(-c7cncc(-c8nc(-c9ccccc9)nc(-c9ccccc9)n8)n7)ccc6-5)C5CC6CC(C5)CC4C6)cc3)n2)cc1. The molecule has 5 aliphatic carbocycles. The van der Waals surface area contributed by atoms with Crippen LogP contribution in [0.5, 0.6) is 0 Å². The van der Waals surface area contributed by atoms with Crippen LogP contribution in [0.3, 0.4) is 0 Å². The Bertz CT molecular complexity index is 3460. The number of aromatic nitrogens is 8. The maximum atomic E-state index is 5.28. The molecule has 8 heteroatoms. The molecule has 0 saturated heterocycles. The van der Waals surface area contributed by atoms with Crippen molar-refractivity contribution < 1.29 is 0 Å². The zero-order chi connectivity index (χ0) is 46.2. The molecule has 10 aromatic rings. The molecule has 0 unspecified atom stereocenters. The molecule has 15 rings (SSSR count). The smallest absolute Gasteiger partial charge is 0.184 e. The van der Waals surface area contributed by atoms with Crippen molar-refractivity contribution in [3.05, 3.63) is 206 Å². The highest BCUT2D eigenvalue weighted by atomic mass is 15.1. The number of fused-ring (bicyclic) bond motifs is 3. The molecule has 4 bridgehead atoms. The summed E-state index contributed by atoms with van der Waals surface area (Å²) in [6.45, 7) is 0. The number of hydrogen-bond acceptors (Lipinski definition) is 8. The molecule has 8 nitrogen and oxygen atoms in total. The van der Waals surface area contributed by atoms with Crippen molar-refractivity contribution in [3.63, 3.8) is 0 Å². The van der Waals surface area contributed by atoms with Gasteiger partial charge in [-0.05, 0) is 101 Å². The zero-order valence-electron chi connectivity index (χ0n) is 38.4. The summed E-state index contributed by atoms with van der Waals surface area (Å²) in [6.07, 6.45) is 10.2. The highest BCUT2D eigenvalue weighted by Gasteiger charge is 2.61. The molecule has 4 fully saturated rings. The van der Waals surface area contributed by atoms with Crippen molar-refractivity contribution >= 4 is 0 Å². The molecule has 7 aromatic carbocycles. The quantitative estimate of drug-likeness (QED) is 0.149. The Morgan fingerprint density at radius 3 is 1.11 bits per heavy atom. The summed E-state index contributed by atoms with van der Waals surface area (Å²) in [4.78, 5) is 39.9. The molecular weight excluding hydrogens is 857 g/mol. The lowest BCUT2D eigenvalue weighted by Gasteiger charge is -2.61. The number of benzene rings is 7. The highest BCUT2D eigenvalue weighted by molar-refractivity contribution is 5.87. The van der Waals surface area contributed by atoms with Gasteiger partial charge in [0.1, 0.15) is 5.69 Å². The second-order valence-electron chi connectivity index (χ2n) is 19.6. The molecule has 0 aliphatic heterocycles. The standard InChI is InChI=1S/C62H46N8/c1-5-13-41(14-6-1)56-65-57(42-15-7-2-8-16-42)67-60(66-56)45-23-21-40(22-24-45)46-25-27-50-51-28-26-47(35-53(51)62(52(50)34-46)48-30-38-29-39(32-48)33-49(62)31-38)54-36-63-37-55(64-54)61-69-58(43-17-9-3-10-18-43)68-59(70-61)44-19-11-4-12-20-44/h1-28,34-39,48-49H,29-33H2. The van der Waals surface area contributed by atoms with Crippen molar-refractivity contribution in [1.82, 2.24) is 39.9 Å². The van der Waals surface area contributed by atoms with Crippen molar-refractivity contribution in [2.24, 2.45) is 23.7 Å². The molecule has 5 aliphatic rings. The predicted molar refractivity (Wildman–Crippen MR) is 276 cm³/mol. The van der Waals surface area contributed by atoms with E-state index in [4.69, 9.17) is 39.9 Å². The molecular formula is C62H46N8. The van der Waals surface area contributed by atoms with Crippen LogP contribution in [0.4, 0.5) is 0 Å². The van der Waals surface area contributed by atoms with Gasteiger partial charge >= 0.3 is 0 Å². The average molecular weight is 903 g/mol. The third-order valence-electron chi connectivity index (χ3n) is 15.7. The Balaban J connectivity index is 0.842. The summed E-state index contributed by atoms with van der Waals surface area (Å²) < 4.78 is 0. The van der Waals surface area contributed by atoms with Crippen LogP contribution in [-0.2, 0) is 5.41 Å². The van der Waals surface area contributed by atoms with E-state index in [1.807, 2.05) is 128 Å². The van der Waals surface area contributed by atoms with Gasteiger partial charge in [0.15, 0.2) is 34.9 Å². The van der Waals surface area contributed by atoms with E-state index < -0.39 is 0 Å². The summed E-state index contributed by atoms with van der Waals surface area (Å²) in [6, 6.07) is 63.6. The van der Waals surface area contributed by atoms with Crippen molar-refractivity contribution in [1.29, 1.82) is 0 Å². The minimum Gasteiger partial charge on any atom is -0.260 e. The first-order valence-electron chi connectivity index (χ1n) is 24.6. The van der Waals surface area contributed by atoms with Crippen LogP contribution in [0.15, 0.2) is 194 Å². The van der Waals surface area contributed by atoms with Crippen LogP contribution in [-0.4, -0.2) is 39.9 Å². The minimum absolute atomic E-state index is 0.0645. The predicted octanol–water partition coefficient (Wildman–Crippen LogP) is 13.9. The van der Waals surface area contributed by atoms with Gasteiger partial charge in [-0.25, -0.2) is 34.9 Å². The van der Waals surface area contributed by atoms with E-state index >= 15 is 0 Å². The molecule has 3 heterocycles. The van der Waals surface area contributed by atoms with Gasteiger partial charge in [-0.15, -0.1) is 0 Å². The summed E-state index contributed by atoms with van der Waals surface area (Å²) in [5.74, 6) is 6.50. The molecule has 0 radical (unpaired) electrons. The Hall–Kier alpha value is -8.36. The second kappa shape index (κ2) is 16.4. The van der Waals surface area contributed by atoms with Crippen LogP contribution in [0.25, 0.3) is 102 Å². The fraction of sp³-hybridized carbons (Fsp3) is 0.161. The molecule has 0 amide bonds. The molecule has 1 spiro atoms. The summed E-state index contributed by atoms with van der Waals surface area (Å²) in [5, 5.41) is 0. The van der Waals surface area contributed by atoms with E-state index in [9.17, 15) is 0 Å². The first-order valence-corrected chi connectivity index (χ1v) is 24.6. The minimum atomic E-state index is -0.0645. The number of nitrogens with zero attached hydrogens (tertiary/aromatic N) is 8. The first-order chi connectivity index (χ1) is 34.6. The summed E-state index contributed by atoms with van der Waals surface area (Å²) in [5.41, 5.74) is 15.2. The number of rotatable bonds is 8.